The Morgan fingerprint density at radius 1 is 1.14 bits per heavy atom. The second-order valence-electron chi connectivity index (χ2n) is 6.76. The predicted octanol–water partition coefficient (Wildman–Crippen LogP) is 3.28. The monoisotopic (exact) mass is 390 g/mol. The number of nitrogens with one attached hydrogen (secondary N) is 1. The van der Waals surface area contributed by atoms with Crippen LogP contribution in [0.5, 0.6) is 0 Å². The average molecular weight is 390 g/mol. The Hall–Kier alpha value is -3.81. The zero-order valence-electron chi connectivity index (χ0n) is 16.0. The number of halogens is 1. The fourth-order valence-corrected chi connectivity index (χ4v) is 3.29. The molecule has 0 atom stereocenters. The average Bonchev–Trinajstić information content (AvgIpc) is 3.03. The molecule has 0 fully saturated rings. The first-order valence-corrected chi connectivity index (χ1v) is 9.05. The van der Waals surface area contributed by atoms with Crippen LogP contribution in [0.1, 0.15) is 27.3 Å². The van der Waals surface area contributed by atoms with Gasteiger partial charge in [-0.25, -0.2) is 4.39 Å². The molecule has 1 amide bonds. The summed E-state index contributed by atoms with van der Waals surface area (Å²) in [5.41, 5.74) is 8.46. The Morgan fingerprint density at radius 2 is 1.90 bits per heavy atom. The summed E-state index contributed by atoms with van der Waals surface area (Å²) in [7, 11) is 0. The molecule has 4 aromatic rings. The van der Waals surface area contributed by atoms with Gasteiger partial charge in [0.1, 0.15) is 11.5 Å². The van der Waals surface area contributed by atoms with Crippen LogP contribution in [0.25, 0.3) is 16.9 Å². The maximum atomic E-state index is 14.1. The highest BCUT2D eigenvalue weighted by molar-refractivity contribution is 6.06. The highest BCUT2D eigenvalue weighted by Gasteiger charge is 2.18. The molecule has 2 heterocycles. The van der Waals surface area contributed by atoms with Crippen molar-refractivity contribution in [1.82, 2.24) is 19.7 Å². The number of fused-ring (bicyclic) bond motifs is 1. The zero-order valence-corrected chi connectivity index (χ0v) is 16.0. The number of aromatic nitrogens is 4. The van der Waals surface area contributed by atoms with E-state index in [2.05, 4.69) is 20.5 Å². The van der Waals surface area contributed by atoms with Gasteiger partial charge in [0, 0.05) is 17.6 Å². The number of carbonyl (C=O) groups is 1. The second-order valence-corrected chi connectivity index (χ2v) is 6.76. The van der Waals surface area contributed by atoms with E-state index in [0.717, 1.165) is 17.3 Å². The minimum atomic E-state index is -0.695. The molecule has 0 aliphatic heterocycles. The number of amides is 1. The van der Waals surface area contributed by atoms with E-state index in [1.54, 1.807) is 10.6 Å². The Morgan fingerprint density at radius 3 is 2.62 bits per heavy atom. The van der Waals surface area contributed by atoms with E-state index in [-0.39, 0.29) is 11.5 Å². The van der Waals surface area contributed by atoms with Crippen LogP contribution in [0, 0.1) is 19.7 Å². The first-order valence-electron chi connectivity index (χ1n) is 9.05. The summed E-state index contributed by atoms with van der Waals surface area (Å²) in [5, 5.41) is 12.2. The van der Waals surface area contributed by atoms with E-state index in [4.69, 9.17) is 5.73 Å². The molecule has 0 saturated heterocycles. The van der Waals surface area contributed by atoms with Crippen molar-refractivity contribution in [2.45, 2.75) is 20.4 Å². The summed E-state index contributed by atoms with van der Waals surface area (Å²) in [4.78, 5) is 16.3. The van der Waals surface area contributed by atoms with Crippen molar-refractivity contribution < 1.29 is 9.18 Å². The van der Waals surface area contributed by atoms with Crippen molar-refractivity contribution in [2.75, 3.05) is 5.32 Å². The quantitative estimate of drug-likeness (QED) is 0.545. The molecule has 3 N–H and O–H groups in total. The van der Waals surface area contributed by atoms with Crippen LogP contribution in [0.4, 0.5) is 10.2 Å². The van der Waals surface area contributed by atoms with Gasteiger partial charge in [0.25, 0.3) is 5.95 Å². The molecule has 2 aromatic heterocycles. The lowest BCUT2D eigenvalue weighted by Gasteiger charge is -2.11. The molecular weight excluding hydrogens is 371 g/mol. The lowest BCUT2D eigenvalue weighted by atomic mass is 10.1. The Kier molecular flexibility index (Phi) is 4.67. The van der Waals surface area contributed by atoms with Gasteiger partial charge in [0.15, 0.2) is 5.82 Å². The number of nitrogens with zero attached hydrogens (tertiary/aromatic N) is 4. The molecule has 0 unspecified atom stereocenters. The van der Waals surface area contributed by atoms with Crippen molar-refractivity contribution >= 4 is 22.6 Å². The Balaban J connectivity index is 1.78. The first kappa shape index (κ1) is 18.5. The fourth-order valence-electron chi connectivity index (χ4n) is 3.29. The lowest BCUT2D eigenvalue weighted by molar-refractivity contribution is 0.100. The summed E-state index contributed by atoms with van der Waals surface area (Å²) in [6.45, 7) is 4.21. The van der Waals surface area contributed by atoms with Crippen LogP contribution in [0.3, 0.4) is 0 Å². The second kappa shape index (κ2) is 7.31. The topological polar surface area (TPSA) is 98.7 Å². The molecule has 7 nitrogen and oxygen atoms in total. The van der Waals surface area contributed by atoms with Gasteiger partial charge in [-0.15, -0.1) is 10.2 Å². The van der Waals surface area contributed by atoms with E-state index in [1.165, 1.54) is 6.07 Å². The van der Waals surface area contributed by atoms with E-state index < -0.39 is 11.7 Å². The smallest absolute Gasteiger partial charge is 0.256 e. The molecule has 2 aromatic carbocycles. The van der Waals surface area contributed by atoms with Gasteiger partial charge in [-0.2, -0.15) is 4.98 Å². The van der Waals surface area contributed by atoms with Crippen molar-refractivity contribution in [3.8, 4) is 5.95 Å². The number of anilines is 1. The predicted molar refractivity (Wildman–Crippen MR) is 108 cm³/mol. The van der Waals surface area contributed by atoms with Crippen molar-refractivity contribution in [2.24, 2.45) is 5.73 Å². The third kappa shape index (κ3) is 3.52. The number of primary amides is 1. The fraction of sp³-hybridized carbons (Fsp3) is 0.143. The molecule has 0 aliphatic rings. The van der Waals surface area contributed by atoms with Crippen LogP contribution in [0.15, 0.2) is 48.5 Å². The van der Waals surface area contributed by atoms with Gasteiger partial charge in [0.2, 0.25) is 5.91 Å². The molecule has 4 rings (SSSR count). The van der Waals surface area contributed by atoms with Gasteiger partial charge in [-0.3, -0.25) is 9.36 Å². The number of nitrogens with two attached hydrogens (primary N) is 1. The van der Waals surface area contributed by atoms with Gasteiger partial charge in [0.05, 0.1) is 11.1 Å². The van der Waals surface area contributed by atoms with E-state index >= 15 is 0 Å². The first-order chi connectivity index (χ1) is 13.9. The van der Waals surface area contributed by atoms with Crippen LogP contribution in [0.2, 0.25) is 0 Å². The molecule has 8 heteroatoms. The Labute approximate surface area is 166 Å². The number of hydrogen-bond acceptors (Lipinski definition) is 5. The molecule has 0 bridgehead atoms. The van der Waals surface area contributed by atoms with Crippen LogP contribution < -0.4 is 11.1 Å². The summed E-state index contributed by atoms with van der Waals surface area (Å²) in [5.74, 6) is -0.403. The molecule has 146 valence electrons. The summed E-state index contributed by atoms with van der Waals surface area (Å²) in [6.07, 6.45) is 0. The minimum Gasteiger partial charge on any atom is -0.366 e. The molecule has 0 saturated carbocycles. The van der Waals surface area contributed by atoms with Crippen LogP contribution in [-0.2, 0) is 6.54 Å². The number of benzene rings is 2. The van der Waals surface area contributed by atoms with Gasteiger partial charge < -0.3 is 11.1 Å². The molecule has 0 spiro atoms. The third-order valence-corrected chi connectivity index (χ3v) is 4.68. The van der Waals surface area contributed by atoms with Gasteiger partial charge >= 0.3 is 0 Å². The maximum Gasteiger partial charge on any atom is 0.256 e. The number of rotatable bonds is 5. The molecular formula is C21H19FN6O. The molecule has 0 aliphatic carbocycles. The highest BCUT2D eigenvalue weighted by atomic mass is 19.1. The SMILES string of the molecule is Cc1nnc(-n2c(C)cc3c(C(N)=O)cc(F)cc32)nc1NCc1ccccc1. The number of hydrogen-bond donors (Lipinski definition) is 2. The normalized spacial score (nSPS) is 11.0. The third-order valence-electron chi connectivity index (χ3n) is 4.68. The van der Waals surface area contributed by atoms with E-state index in [1.807, 2.05) is 44.2 Å². The Bertz CT molecular complexity index is 1220. The lowest BCUT2D eigenvalue weighted by Crippen LogP contribution is -2.12. The van der Waals surface area contributed by atoms with Crippen molar-refractivity contribution in [3.63, 3.8) is 0 Å². The van der Waals surface area contributed by atoms with Gasteiger partial charge in [-0.1, -0.05) is 30.3 Å². The number of carbonyl (C=O) groups excluding carboxylic acids is 1. The van der Waals surface area contributed by atoms with Crippen LogP contribution in [-0.4, -0.2) is 25.7 Å². The summed E-state index contributed by atoms with van der Waals surface area (Å²) >= 11 is 0. The van der Waals surface area contributed by atoms with Crippen molar-refractivity contribution in [1.29, 1.82) is 0 Å². The standard InChI is InChI=1S/C21H19FN6O/c1-12-8-16-17(19(23)29)9-15(22)10-18(16)28(12)21-25-20(13(2)26-27-21)24-11-14-6-4-3-5-7-14/h3-10H,11H2,1-2H3,(H2,23,29)(H,24,25,27). The van der Waals surface area contributed by atoms with E-state index in [0.29, 0.717) is 29.0 Å². The van der Waals surface area contributed by atoms with Crippen LogP contribution >= 0.6 is 0 Å². The van der Waals surface area contributed by atoms with Gasteiger partial charge in [-0.05, 0) is 37.6 Å². The zero-order chi connectivity index (χ0) is 20.5. The molecule has 0 radical (unpaired) electrons. The molecule has 29 heavy (non-hydrogen) atoms. The number of aryl methyl sites for hydroxylation is 2. The van der Waals surface area contributed by atoms with Crippen molar-refractivity contribution in [3.05, 3.63) is 76.9 Å². The maximum absolute atomic E-state index is 14.1. The summed E-state index contributed by atoms with van der Waals surface area (Å²) < 4.78 is 15.8. The highest BCUT2D eigenvalue weighted by Crippen LogP contribution is 2.27. The van der Waals surface area contributed by atoms with E-state index in [9.17, 15) is 9.18 Å². The largest absolute Gasteiger partial charge is 0.366 e. The summed E-state index contributed by atoms with van der Waals surface area (Å²) in [6, 6.07) is 14.1. The minimum absolute atomic E-state index is 0.115.